The minimum Gasteiger partial charge on any atom is -0.315 e. The Morgan fingerprint density at radius 3 is 2.91 bits per heavy atom. The highest BCUT2D eigenvalue weighted by Crippen LogP contribution is 1.78. The maximum atomic E-state index is 5.69. The van der Waals surface area contributed by atoms with Crippen LogP contribution in [0.4, 0.5) is 0 Å². The van der Waals surface area contributed by atoms with Crippen LogP contribution in [0.25, 0.3) is 0 Å². The number of nitrogens with two attached hydrogens (primary N) is 1. The van der Waals surface area contributed by atoms with E-state index in [1.165, 1.54) is 0 Å². The second-order valence-corrected chi connectivity index (χ2v) is 2.86. The van der Waals surface area contributed by atoms with Gasteiger partial charge in [-0.05, 0) is 7.05 Å². The predicted octanol–water partition coefficient (Wildman–Crippen LogP) is -2.14. The van der Waals surface area contributed by atoms with Crippen molar-refractivity contribution in [3.63, 3.8) is 0 Å². The molecule has 1 heterocycles. The van der Waals surface area contributed by atoms with Gasteiger partial charge < -0.3 is 11.1 Å². The molecule has 0 aromatic rings. The summed E-state index contributed by atoms with van der Waals surface area (Å²) in [4.78, 5) is 2.15. The molecule has 0 aliphatic carbocycles. The Morgan fingerprint density at radius 1 is 1.36 bits per heavy atom. The number of nitrogens with zero attached hydrogens (tertiary/aromatic N) is 1. The van der Waals surface area contributed by atoms with Gasteiger partial charge in [0.05, 0.1) is 6.17 Å². The lowest BCUT2D eigenvalue weighted by Gasteiger charge is -2.15. The maximum Gasteiger partial charge on any atom is 0.0685 e. The first kappa shape index (κ1) is 8.89. The average Bonchev–Trinajstić information content (AvgIpc) is 2.04. The summed E-state index contributed by atoms with van der Waals surface area (Å²) in [6.07, 6.45) is 0.0500. The molecule has 0 saturated carbocycles. The number of nitrogens with one attached hydrogen (secondary N) is 3. The standard InChI is InChI=1S/C6H17N5/c1-11-4-8-2-6(7)10-3-9-5-11/h6,8-10H,2-5,7H2,1H3. The Balaban J connectivity index is 2.24. The smallest absolute Gasteiger partial charge is 0.0685 e. The van der Waals surface area contributed by atoms with Crippen LogP contribution in [0.3, 0.4) is 0 Å². The molecule has 0 aromatic heterocycles. The third-order valence-electron chi connectivity index (χ3n) is 1.62. The van der Waals surface area contributed by atoms with Crippen molar-refractivity contribution in [1.82, 2.24) is 20.9 Å². The summed E-state index contributed by atoms with van der Waals surface area (Å²) in [6, 6.07) is 0. The van der Waals surface area contributed by atoms with Gasteiger partial charge in [-0.15, -0.1) is 0 Å². The molecule has 1 fully saturated rings. The van der Waals surface area contributed by atoms with Crippen molar-refractivity contribution in [2.75, 3.05) is 33.6 Å². The van der Waals surface area contributed by atoms with Gasteiger partial charge in [0.2, 0.25) is 0 Å². The van der Waals surface area contributed by atoms with Gasteiger partial charge >= 0.3 is 0 Å². The monoisotopic (exact) mass is 159 g/mol. The van der Waals surface area contributed by atoms with Gasteiger partial charge in [-0.25, -0.2) is 0 Å². The third-order valence-corrected chi connectivity index (χ3v) is 1.62. The minimum atomic E-state index is 0.0500. The van der Waals surface area contributed by atoms with E-state index >= 15 is 0 Å². The van der Waals surface area contributed by atoms with E-state index in [1.807, 2.05) is 0 Å². The molecule has 1 unspecified atom stereocenters. The lowest BCUT2D eigenvalue weighted by Crippen LogP contribution is -2.47. The van der Waals surface area contributed by atoms with Crippen LogP contribution in [0.5, 0.6) is 0 Å². The van der Waals surface area contributed by atoms with Crippen LogP contribution in [-0.2, 0) is 0 Å². The molecule has 0 radical (unpaired) electrons. The zero-order valence-electron chi connectivity index (χ0n) is 6.93. The van der Waals surface area contributed by atoms with Gasteiger partial charge in [-0.2, -0.15) is 0 Å². The Hall–Kier alpha value is -0.200. The van der Waals surface area contributed by atoms with E-state index in [0.717, 1.165) is 26.6 Å². The topological polar surface area (TPSA) is 65.3 Å². The highest BCUT2D eigenvalue weighted by molar-refractivity contribution is 4.63. The van der Waals surface area contributed by atoms with Gasteiger partial charge in [-0.3, -0.25) is 15.5 Å². The molecule has 0 amide bonds. The molecule has 1 rings (SSSR count). The first-order valence-corrected chi connectivity index (χ1v) is 3.88. The summed E-state index contributed by atoms with van der Waals surface area (Å²) in [5.74, 6) is 0. The molecule has 1 aliphatic heterocycles. The molecule has 0 spiro atoms. The van der Waals surface area contributed by atoms with E-state index in [4.69, 9.17) is 5.73 Å². The summed E-state index contributed by atoms with van der Waals surface area (Å²) in [6.45, 7) is 3.34. The molecule has 0 aromatic carbocycles. The summed E-state index contributed by atoms with van der Waals surface area (Å²) in [7, 11) is 2.05. The van der Waals surface area contributed by atoms with E-state index in [9.17, 15) is 0 Å². The van der Waals surface area contributed by atoms with Crippen LogP contribution in [-0.4, -0.2) is 44.7 Å². The number of hydrogen-bond donors (Lipinski definition) is 4. The molecular formula is C6H17N5. The molecule has 1 saturated heterocycles. The zero-order chi connectivity index (χ0) is 8.10. The van der Waals surface area contributed by atoms with Crippen molar-refractivity contribution < 1.29 is 0 Å². The SMILES string of the molecule is CN1CNCNC(N)CNC1. The summed E-state index contributed by atoms with van der Waals surface area (Å²) >= 11 is 0. The van der Waals surface area contributed by atoms with Gasteiger partial charge in [0.15, 0.2) is 0 Å². The van der Waals surface area contributed by atoms with Crippen molar-refractivity contribution in [1.29, 1.82) is 0 Å². The summed E-state index contributed by atoms with van der Waals surface area (Å²) in [5, 5.41) is 9.55. The molecule has 1 atom stereocenters. The Bertz CT molecular complexity index is 95.1. The number of rotatable bonds is 0. The largest absolute Gasteiger partial charge is 0.315 e. The van der Waals surface area contributed by atoms with Gasteiger partial charge in [0.1, 0.15) is 0 Å². The Labute approximate surface area is 67.3 Å². The molecule has 66 valence electrons. The molecular weight excluding hydrogens is 142 g/mol. The maximum absolute atomic E-state index is 5.69. The zero-order valence-corrected chi connectivity index (χ0v) is 6.93. The van der Waals surface area contributed by atoms with Crippen LogP contribution in [0.1, 0.15) is 0 Å². The quantitative estimate of drug-likeness (QED) is 0.325. The fourth-order valence-corrected chi connectivity index (χ4v) is 0.989. The van der Waals surface area contributed by atoms with Gasteiger partial charge in [0.25, 0.3) is 0 Å². The van der Waals surface area contributed by atoms with E-state index in [-0.39, 0.29) is 6.17 Å². The highest BCUT2D eigenvalue weighted by atomic mass is 15.3. The van der Waals surface area contributed by atoms with Crippen LogP contribution in [0.15, 0.2) is 0 Å². The lowest BCUT2D eigenvalue weighted by molar-refractivity contribution is 0.292. The van der Waals surface area contributed by atoms with Crippen molar-refractivity contribution in [2.24, 2.45) is 5.73 Å². The first-order chi connectivity index (χ1) is 5.29. The average molecular weight is 159 g/mol. The normalized spacial score (nSPS) is 30.5. The van der Waals surface area contributed by atoms with Crippen LogP contribution in [0, 0.1) is 0 Å². The fourth-order valence-electron chi connectivity index (χ4n) is 0.989. The van der Waals surface area contributed by atoms with E-state index in [2.05, 4.69) is 27.9 Å². The molecule has 11 heavy (non-hydrogen) atoms. The predicted molar refractivity (Wildman–Crippen MR) is 44.6 cm³/mol. The minimum absolute atomic E-state index is 0.0500. The molecule has 5 heteroatoms. The molecule has 0 bridgehead atoms. The Kier molecular flexibility index (Phi) is 3.74. The molecule has 5 N–H and O–H groups in total. The Morgan fingerprint density at radius 2 is 2.09 bits per heavy atom. The fraction of sp³-hybridized carbons (Fsp3) is 1.00. The van der Waals surface area contributed by atoms with Crippen molar-refractivity contribution in [3.8, 4) is 0 Å². The number of hydrogen-bond acceptors (Lipinski definition) is 5. The highest BCUT2D eigenvalue weighted by Gasteiger charge is 2.04. The van der Waals surface area contributed by atoms with Crippen LogP contribution in [0.2, 0.25) is 0 Å². The van der Waals surface area contributed by atoms with Crippen molar-refractivity contribution >= 4 is 0 Å². The van der Waals surface area contributed by atoms with Crippen LogP contribution < -0.4 is 21.7 Å². The molecule has 1 aliphatic rings. The second kappa shape index (κ2) is 4.63. The van der Waals surface area contributed by atoms with Gasteiger partial charge in [-0.1, -0.05) is 0 Å². The van der Waals surface area contributed by atoms with Crippen LogP contribution >= 0.6 is 0 Å². The summed E-state index contributed by atoms with van der Waals surface area (Å²) in [5.41, 5.74) is 5.69. The van der Waals surface area contributed by atoms with E-state index in [0.29, 0.717) is 0 Å². The lowest BCUT2D eigenvalue weighted by atomic mass is 10.5. The van der Waals surface area contributed by atoms with E-state index < -0.39 is 0 Å². The first-order valence-electron chi connectivity index (χ1n) is 3.88. The third kappa shape index (κ3) is 3.64. The second-order valence-electron chi connectivity index (χ2n) is 2.86. The van der Waals surface area contributed by atoms with Gasteiger partial charge in [0, 0.05) is 26.6 Å². The summed E-state index contributed by atoms with van der Waals surface area (Å²) < 4.78 is 0. The van der Waals surface area contributed by atoms with Crippen molar-refractivity contribution in [3.05, 3.63) is 0 Å². The molecule has 5 nitrogen and oxygen atoms in total. The van der Waals surface area contributed by atoms with Crippen molar-refractivity contribution in [2.45, 2.75) is 6.17 Å². The van der Waals surface area contributed by atoms with E-state index in [1.54, 1.807) is 0 Å².